The zero-order valence-corrected chi connectivity index (χ0v) is 21.6. The number of nitrogens with zero attached hydrogens (tertiary/aromatic N) is 2. The first-order valence-electron chi connectivity index (χ1n) is 10.8. The molecule has 34 heavy (non-hydrogen) atoms. The van der Waals surface area contributed by atoms with Crippen LogP contribution in [-0.2, 0) is 20.9 Å². The summed E-state index contributed by atoms with van der Waals surface area (Å²) in [6.07, 6.45) is -0.133. The molecule has 1 amide bonds. The molecular formula is C24H28Cl2N2O5S. The monoisotopic (exact) mass is 526 g/mol. The van der Waals surface area contributed by atoms with E-state index in [2.05, 4.69) is 4.90 Å². The highest BCUT2D eigenvalue weighted by Crippen LogP contribution is 2.28. The second kappa shape index (κ2) is 11.6. The number of carboxylic acid groups (broad SMARTS) is 1. The average molecular weight is 527 g/mol. The zero-order chi connectivity index (χ0) is 24.9. The average Bonchev–Trinajstić information content (AvgIpc) is 2.77. The maximum Gasteiger partial charge on any atom is 0.347 e. The molecule has 2 aromatic rings. The fourth-order valence-corrected chi connectivity index (χ4v) is 4.58. The molecule has 0 unspecified atom stereocenters. The molecule has 1 N–H and O–H groups in total. The lowest BCUT2D eigenvalue weighted by atomic mass is 10.1. The van der Waals surface area contributed by atoms with Crippen LogP contribution in [0.5, 0.6) is 5.75 Å². The second-order valence-corrected chi connectivity index (χ2v) is 10.4. The molecule has 1 heterocycles. The lowest BCUT2D eigenvalue weighted by Crippen LogP contribution is -2.46. The molecule has 1 atom stereocenters. The van der Waals surface area contributed by atoms with Crippen LogP contribution < -0.4 is 4.74 Å². The third kappa shape index (κ3) is 7.52. The van der Waals surface area contributed by atoms with Crippen molar-refractivity contribution in [3.63, 3.8) is 0 Å². The highest BCUT2D eigenvalue weighted by atomic mass is 35.5. The Labute approximate surface area is 214 Å². The number of carboxylic acids is 1. The summed E-state index contributed by atoms with van der Waals surface area (Å²) in [4.78, 5) is 26.7. The van der Waals surface area contributed by atoms with Crippen LogP contribution in [-0.4, -0.2) is 64.1 Å². The van der Waals surface area contributed by atoms with Crippen LogP contribution in [0.15, 0.2) is 47.4 Å². The van der Waals surface area contributed by atoms with E-state index in [9.17, 15) is 14.7 Å². The van der Waals surface area contributed by atoms with Gasteiger partial charge in [-0.3, -0.25) is 14.0 Å². The Morgan fingerprint density at radius 2 is 1.91 bits per heavy atom. The Morgan fingerprint density at radius 3 is 2.53 bits per heavy atom. The third-order valence-electron chi connectivity index (χ3n) is 5.26. The van der Waals surface area contributed by atoms with Crippen molar-refractivity contribution >= 4 is 47.0 Å². The van der Waals surface area contributed by atoms with E-state index >= 15 is 0 Å². The highest BCUT2D eigenvalue weighted by Gasteiger charge is 2.29. The van der Waals surface area contributed by atoms with Gasteiger partial charge in [0.1, 0.15) is 5.75 Å². The minimum atomic E-state index is -1.33. The maximum atomic E-state index is 12.3. The first-order valence-corrected chi connectivity index (χ1v) is 12.3. The van der Waals surface area contributed by atoms with Gasteiger partial charge in [-0.2, -0.15) is 0 Å². The van der Waals surface area contributed by atoms with E-state index in [0.29, 0.717) is 35.5 Å². The smallest absolute Gasteiger partial charge is 0.347 e. The number of carbonyl (C=O) groups excluding carboxylic acids is 1. The Kier molecular flexibility index (Phi) is 9.12. The standard InChI is InChI=1S/C24H28Cl2N2O5S/c1-16(29)28(34-20-7-5-18(6-8-20)33-24(2,3)23(30)31)15-19-14-27(10-11-32-19)13-17-4-9-21(25)22(26)12-17/h4-9,12,19H,10-11,13-15H2,1-3H3,(H,30,31)/t19-/m0/s1. The minimum absolute atomic E-state index is 0.0810. The minimum Gasteiger partial charge on any atom is -0.478 e. The Bertz CT molecular complexity index is 1020. The molecular weight excluding hydrogens is 499 g/mol. The summed E-state index contributed by atoms with van der Waals surface area (Å²) in [7, 11) is 0. The molecule has 184 valence electrons. The zero-order valence-electron chi connectivity index (χ0n) is 19.3. The van der Waals surface area contributed by atoms with Crippen LogP contribution in [0.2, 0.25) is 10.0 Å². The van der Waals surface area contributed by atoms with Crippen molar-refractivity contribution in [1.29, 1.82) is 0 Å². The van der Waals surface area contributed by atoms with Crippen molar-refractivity contribution in [2.75, 3.05) is 26.2 Å². The topological polar surface area (TPSA) is 79.3 Å². The van der Waals surface area contributed by atoms with Crippen molar-refractivity contribution in [2.24, 2.45) is 0 Å². The number of aliphatic carboxylic acids is 1. The fraction of sp³-hybridized carbons (Fsp3) is 0.417. The van der Waals surface area contributed by atoms with Gasteiger partial charge in [-0.1, -0.05) is 29.3 Å². The summed E-state index contributed by atoms with van der Waals surface area (Å²) in [5, 5.41) is 10.3. The van der Waals surface area contributed by atoms with Crippen molar-refractivity contribution in [3.05, 3.63) is 58.1 Å². The number of carbonyl (C=O) groups is 2. The van der Waals surface area contributed by atoms with Crippen LogP contribution in [0.3, 0.4) is 0 Å². The van der Waals surface area contributed by atoms with Crippen molar-refractivity contribution < 1.29 is 24.2 Å². The molecule has 0 aromatic heterocycles. The Hall–Kier alpha value is -1.97. The van der Waals surface area contributed by atoms with Crippen LogP contribution in [0.1, 0.15) is 26.3 Å². The summed E-state index contributed by atoms with van der Waals surface area (Å²) in [5.74, 6) is -0.684. The quantitative estimate of drug-likeness (QED) is 0.461. The summed E-state index contributed by atoms with van der Waals surface area (Å²) in [6.45, 7) is 7.71. The van der Waals surface area contributed by atoms with Gasteiger partial charge in [0.2, 0.25) is 5.91 Å². The summed E-state index contributed by atoms with van der Waals surface area (Å²) < 4.78 is 13.1. The molecule has 7 nitrogen and oxygen atoms in total. The van der Waals surface area contributed by atoms with Gasteiger partial charge < -0.3 is 14.6 Å². The van der Waals surface area contributed by atoms with Gasteiger partial charge in [-0.25, -0.2) is 4.79 Å². The summed E-state index contributed by atoms with van der Waals surface area (Å²) in [6, 6.07) is 12.6. The van der Waals surface area contributed by atoms with Crippen molar-refractivity contribution in [3.8, 4) is 5.75 Å². The Morgan fingerprint density at radius 1 is 1.21 bits per heavy atom. The number of benzene rings is 2. The molecule has 0 saturated carbocycles. The largest absolute Gasteiger partial charge is 0.478 e. The van der Waals surface area contributed by atoms with Gasteiger partial charge in [-0.15, -0.1) is 0 Å². The lowest BCUT2D eigenvalue weighted by molar-refractivity contribution is -0.152. The van der Waals surface area contributed by atoms with Gasteiger partial charge in [-0.05, 0) is 67.8 Å². The van der Waals surface area contributed by atoms with Crippen molar-refractivity contribution in [1.82, 2.24) is 9.21 Å². The molecule has 0 spiro atoms. The molecule has 10 heteroatoms. The van der Waals surface area contributed by atoms with E-state index in [1.165, 1.54) is 32.7 Å². The number of amides is 1. The fourth-order valence-electron chi connectivity index (χ4n) is 3.38. The van der Waals surface area contributed by atoms with Crippen LogP contribution in [0.4, 0.5) is 0 Å². The molecule has 0 aliphatic carbocycles. The Balaban J connectivity index is 1.58. The van der Waals surface area contributed by atoms with Gasteiger partial charge in [0, 0.05) is 31.5 Å². The predicted molar refractivity (Wildman–Crippen MR) is 134 cm³/mol. The van der Waals surface area contributed by atoms with E-state index in [1.54, 1.807) is 34.6 Å². The third-order valence-corrected chi connectivity index (χ3v) is 7.11. The van der Waals surface area contributed by atoms with Crippen molar-refractivity contribution in [2.45, 2.75) is 43.9 Å². The predicted octanol–water partition coefficient (Wildman–Crippen LogP) is 4.99. The summed E-state index contributed by atoms with van der Waals surface area (Å²) in [5.41, 5.74) is -0.261. The first kappa shape index (κ1) is 26.6. The van der Waals surface area contributed by atoms with E-state index in [0.717, 1.165) is 23.5 Å². The molecule has 1 fully saturated rings. The number of hydrogen-bond acceptors (Lipinski definition) is 6. The maximum absolute atomic E-state index is 12.3. The molecule has 3 rings (SSSR count). The van der Waals surface area contributed by atoms with E-state index in [1.807, 2.05) is 12.1 Å². The molecule has 2 aromatic carbocycles. The van der Waals surface area contributed by atoms with E-state index < -0.39 is 11.6 Å². The normalized spacial score (nSPS) is 16.8. The van der Waals surface area contributed by atoms with Gasteiger partial charge in [0.15, 0.2) is 5.60 Å². The summed E-state index contributed by atoms with van der Waals surface area (Å²) >= 11 is 13.5. The molecule has 1 aliphatic rings. The van der Waals surface area contributed by atoms with Crippen LogP contribution in [0.25, 0.3) is 0 Å². The van der Waals surface area contributed by atoms with Gasteiger partial charge >= 0.3 is 5.97 Å². The molecule has 0 bridgehead atoms. The number of rotatable bonds is 9. The SMILES string of the molecule is CC(=O)N(C[C@@H]1CN(Cc2ccc(Cl)c(Cl)c2)CCO1)Sc1ccc(OC(C)(C)C(=O)O)cc1. The van der Waals surface area contributed by atoms with Crippen LogP contribution >= 0.6 is 35.1 Å². The molecule has 1 saturated heterocycles. The molecule has 0 radical (unpaired) electrons. The van der Waals surface area contributed by atoms with E-state index in [4.69, 9.17) is 32.7 Å². The first-order chi connectivity index (χ1) is 16.0. The number of hydrogen-bond donors (Lipinski definition) is 1. The molecule has 1 aliphatic heterocycles. The van der Waals surface area contributed by atoms with Gasteiger partial charge in [0.05, 0.1) is 29.3 Å². The number of halogens is 2. The van der Waals surface area contributed by atoms with Crippen LogP contribution in [0, 0.1) is 0 Å². The van der Waals surface area contributed by atoms with Gasteiger partial charge in [0.25, 0.3) is 0 Å². The number of morpholine rings is 1. The number of ether oxygens (including phenoxy) is 2. The van der Waals surface area contributed by atoms with E-state index in [-0.39, 0.29) is 12.0 Å². The highest BCUT2D eigenvalue weighted by molar-refractivity contribution is 7.97. The lowest BCUT2D eigenvalue weighted by Gasteiger charge is -2.35. The second-order valence-electron chi connectivity index (χ2n) is 8.54.